The Hall–Kier alpha value is -3.87. The first kappa shape index (κ1) is 39.8. The summed E-state index contributed by atoms with van der Waals surface area (Å²) >= 11 is 0. The maximum Gasteiger partial charge on any atom is 0.239 e. The van der Waals surface area contributed by atoms with Crippen LogP contribution >= 0.6 is 0 Å². The van der Waals surface area contributed by atoms with E-state index in [1.165, 1.54) is 39.2 Å². The fourth-order valence-corrected chi connectivity index (χ4v) is 6.40. The van der Waals surface area contributed by atoms with Crippen LogP contribution in [0.25, 0.3) is 22.3 Å². The van der Waals surface area contributed by atoms with Crippen molar-refractivity contribution in [2.45, 2.75) is 106 Å². The molecule has 3 aliphatic rings. The number of aliphatic hydroxyl groups excluding tert-OH is 8. The Morgan fingerprint density at radius 3 is 1.96 bits per heavy atom. The highest BCUT2D eigenvalue weighted by Gasteiger charge is 2.52. The van der Waals surface area contributed by atoms with E-state index < -0.39 is 127 Å². The van der Waals surface area contributed by atoms with Crippen LogP contribution in [0.2, 0.25) is 0 Å². The molecule has 11 N–H and O–H groups in total. The number of ether oxygens (including phenoxy) is 7. The third-order valence-electron chi connectivity index (χ3n) is 9.57. The molecule has 3 fully saturated rings. The van der Waals surface area contributed by atoms with Gasteiger partial charge < -0.3 is 93.7 Å². The van der Waals surface area contributed by atoms with E-state index in [-0.39, 0.29) is 28.4 Å². The molecule has 54 heavy (non-hydrogen) atoms. The molecule has 0 radical (unpaired) electrons. The van der Waals surface area contributed by atoms with Gasteiger partial charge in [0.15, 0.2) is 35.9 Å². The zero-order chi connectivity index (χ0) is 39.3. The first-order valence-corrected chi connectivity index (χ1v) is 16.8. The van der Waals surface area contributed by atoms with Crippen molar-refractivity contribution in [3.63, 3.8) is 0 Å². The number of methoxy groups -OCH3 is 1. The predicted octanol–water partition coefficient (Wildman–Crippen LogP) is -2.53. The molecule has 4 heterocycles. The van der Waals surface area contributed by atoms with Crippen molar-refractivity contribution in [2.24, 2.45) is 0 Å². The van der Waals surface area contributed by atoms with E-state index in [9.17, 15) is 61.0 Å². The van der Waals surface area contributed by atoms with E-state index in [1.54, 1.807) is 0 Å². The SMILES string of the molecule is COc1cc(-c2oc3cc(O)cc(O)c3c(=O)c2O[C@H]2O[C@@H](CO[C@H]3O[C@@H](C)[C@@H](O)[C@H](O)[C@@H]3O)[C@H](O)[C@@H](O)[C@@H]2O[C@@H]2O[C@H](C)[C@H](O)[C@@H](O)[C@H]2O)ccc1O. The Morgan fingerprint density at radius 1 is 0.685 bits per heavy atom. The van der Waals surface area contributed by atoms with Crippen LogP contribution in [0.4, 0.5) is 0 Å². The van der Waals surface area contributed by atoms with Gasteiger partial charge >= 0.3 is 0 Å². The molecular weight excluding hydrogens is 728 g/mol. The van der Waals surface area contributed by atoms with Gasteiger partial charge in [-0.25, -0.2) is 0 Å². The van der Waals surface area contributed by atoms with Gasteiger partial charge in [0, 0.05) is 17.7 Å². The van der Waals surface area contributed by atoms with Gasteiger partial charge in [-0.3, -0.25) is 4.79 Å². The van der Waals surface area contributed by atoms with Gasteiger partial charge in [0.05, 0.1) is 25.9 Å². The van der Waals surface area contributed by atoms with Gasteiger partial charge in [0.1, 0.15) is 77.4 Å². The van der Waals surface area contributed by atoms with Gasteiger partial charge in [0.25, 0.3) is 0 Å². The fourth-order valence-electron chi connectivity index (χ4n) is 6.40. The number of aromatic hydroxyl groups is 3. The largest absolute Gasteiger partial charge is 0.508 e. The van der Waals surface area contributed by atoms with Crippen molar-refractivity contribution in [3.05, 3.63) is 40.6 Å². The summed E-state index contributed by atoms with van der Waals surface area (Å²) < 4.78 is 45.6. The summed E-state index contributed by atoms with van der Waals surface area (Å²) in [5.41, 5.74) is -1.31. The Bertz CT molecular complexity index is 1850. The summed E-state index contributed by atoms with van der Waals surface area (Å²) in [5.74, 6) is -2.63. The number of phenols is 3. The molecule has 3 saturated heterocycles. The third-order valence-corrected chi connectivity index (χ3v) is 9.57. The summed E-state index contributed by atoms with van der Waals surface area (Å²) in [7, 11) is 1.26. The van der Waals surface area contributed by atoms with Crippen LogP contribution in [-0.2, 0) is 23.7 Å². The van der Waals surface area contributed by atoms with Crippen molar-refractivity contribution < 1.29 is 93.7 Å². The van der Waals surface area contributed by atoms with E-state index in [0.29, 0.717) is 0 Å². The summed E-state index contributed by atoms with van der Waals surface area (Å²) in [6, 6.07) is 5.69. The minimum Gasteiger partial charge on any atom is -0.508 e. The Labute approximate surface area is 305 Å². The Kier molecular flexibility index (Phi) is 11.6. The molecule has 0 saturated carbocycles. The smallest absolute Gasteiger partial charge is 0.239 e. The predicted molar refractivity (Wildman–Crippen MR) is 176 cm³/mol. The molecule has 3 aromatic rings. The summed E-state index contributed by atoms with van der Waals surface area (Å²) in [6.07, 6.45) is -24.9. The average molecular weight is 771 g/mol. The van der Waals surface area contributed by atoms with Crippen molar-refractivity contribution in [1.82, 2.24) is 0 Å². The first-order chi connectivity index (χ1) is 25.5. The molecule has 6 rings (SSSR count). The van der Waals surface area contributed by atoms with Gasteiger partial charge in [-0.1, -0.05) is 0 Å². The normalized spacial score (nSPS) is 37.3. The molecule has 0 aliphatic carbocycles. The molecular formula is C34H42O20. The second kappa shape index (κ2) is 15.7. The molecule has 1 aromatic heterocycles. The molecule has 0 unspecified atom stereocenters. The van der Waals surface area contributed by atoms with E-state index in [2.05, 4.69) is 0 Å². The minimum absolute atomic E-state index is 0.0468. The molecule has 20 heteroatoms. The average Bonchev–Trinajstić information content (AvgIpc) is 3.13. The number of fused-ring (bicyclic) bond motifs is 1. The zero-order valence-corrected chi connectivity index (χ0v) is 28.8. The van der Waals surface area contributed by atoms with Gasteiger partial charge in [-0.15, -0.1) is 0 Å². The summed E-state index contributed by atoms with van der Waals surface area (Å²) in [5, 5.41) is 115. The summed E-state index contributed by atoms with van der Waals surface area (Å²) in [6.45, 7) is 2.09. The second-order valence-corrected chi connectivity index (χ2v) is 13.3. The van der Waals surface area contributed by atoms with Crippen LogP contribution in [0.5, 0.6) is 28.7 Å². The molecule has 15 atom stereocenters. The van der Waals surface area contributed by atoms with Crippen molar-refractivity contribution in [2.75, 3.05) is 13.7 Å². The number of phenolic OH excluding ortho intramolecular Hbond substituents is 3. The van der Waals surface area contributed by atoms with Crippen LogP contribution in [0, 0.1) is 0 Å². The maximum atomic E-state index is 14.2. The van der Waals surface area contributed by atoms with E-state index in [4.69, 9.17) is 37.6 Å². The lowest BCUT2D eigenvalue weighted by Gasteiger charge is -2.46. The van der Waals surface area contributed by atoms with Crippen LogP contribution in [0.3, 0.4) is 0 Å². The lowest BCUT2D eigenvalue weighted by atomic mass is 9.97. The van der Waals surface area contributed by atoms with Crippen LogP contribution in [-0.4, -0.2) is 162 Å². The maximum absolute atomic E-state index is 14.2. The molecule has 2 aromatic carbocycles. The number of hydrogen-bond donors (Lipinski definition) is 11. The monoisotopic (exact) mass is 770 g/mol. The molecule has 3 aliphatic heterocycles. The number of aliphatic hydroxyl groups is 8. The number of benzene rings is 2. The van der Waals surface area contributed by atoms with Gasteiger partial charge in [-0.05, 0) is 32.0 Å². The Morgan fingerprint density at radius 2 is 1.31 bits per heavy atom. The van der Waals surface area contributed by atoms with E-state index >= 15 is 0 Å². The second-order valence-electron chi connectivity index (χ2n) is 13.3. The van der Waals surface area contributed by atoms with Crippen molar-refractivity contribution >= 4 is 11.0 Å². The van der Waals surface area contributed by atoms with E-state index in [0.717, 1.165) is 12.1 Å². The standard InChI is InChI=1S/C34H42O20/c1-10-20(38)24(42)27(45)32(49-10)48-9-18-22(40)26(44)31(54-33-28(46)25(43)21(39)11(2)50-33)34(52-18)53-30-23(41)19-15(37)7-13(35)8-17(19)51-29(30)12-4-5-14(36)16(6-12)47-3/h4-8,10-11,18,20-22,24-28,31-40,42-46H,9H2,1-3H3/t10-,11+,18-,20+,21-,22-,24-,25+,26+,27-,28+,31-,32-,33-,34+/m0/s1. The molecule has 0 spiro atoms. The molecule has 0 bridgehead atoms. The summed E-state index contributed by atoms with van der Waals surface area (Å²) in [4.78, 5) is 14.2. The lowest BCUT2D eigenvalue weighted by molar-refractivity contribution is -0.360. The highest BCUT2D eigenvalue weighted by molar-refractivity contribution is 5.88. The fraction of sp³-hybridized carbons (Fsp3) is 0.559. The number of rotatable bonds is 9. The number of hydrogen-bond acceptors (Lipinski definition) is 20. The van der Waals surface area contributed by atoms with Gasteiger partial charge in [0.2, 0.25) is 17.5 Å². The zero-order valence-electron chi connectivity index (χ0n) is 28.8. The van der Waals surface area contributed by atoms with Crippen molar-refractivity contribution in [3.8, 4) is 40.1 Å². The molecule has 20 nitrogen and oxygen atoms in total. The highest BCUT2D eigenvalue weighted by Crippen LogP contribution is 2.40. The topological polar surface area (TPSA) is 317 Å². The lowest BCUT2D eigenvalue weighted by Crippen LogP contribution is -2.65. The molecule has 0 amide bonds. The first-order valence-electron chi connectivity index (χ1n) is 16.8. The quantitative estimate of drug-likeness (QED) is 0.107. The highest BCUT2D eigenvalue weighted by atomic mass is 16.8. The van der Waals surface area contributed by atoms with Crippen LogP contribution in [0.15, 0.2) is 39.5 Å². The van der Waals surface area contributed by atoms with Crippen LogP contribution in [0.1, 0.15) is 13.8 Å². The molecule has 298 valence electrons. The van der Waals surface area contributed by atoms with Crippen LogP contribution < -0.4 is 14.9 Å². The third kappa shape index (κ3) is 7.41. The Balaban J connectivity index is 1.41. The van der Waals surface area contributed by atoms with Crippen molar-refractivity contribution in [1.29, 1.82) is 0 Å². The van der Waals surface area contributed by atoms with Gasteiger partial charge in [-0.2, -0.15) is 0 Å². The van der Waals surface area contributed by atoms with E-state index in [1.807, 2.05) is 0 Å². The minimum atomic E-state index is -2.02.